The van der Waals surface area contributed by atoms with E-state index in [-0.39, 0.29) is 0 Å². The summed E-state index contributed by atoms with van der Waals surface area (Å²) in [5.74, 6) is 3.59. The lowest BCUT2D eigenvalue weighted by molar-refractivity contribution is 0.194. The van der Waals surface area contributed by atoms with Crippen LogP contribution in [0.4, 0.5) is 0 Å². The molecule has 1 fully saturated rings. The van der Waals surface area contributed by atoms with Crippen molar-refractivity contribution in [2.75, 3.05) is 0 Å². The summed E-state index contributed by atoms with van der Waals surface area (Å²) >= 11 is 0. The van der Waals surface area contributed by atoms with Gasteiger partial charge in [-0.3, -0.25) is 0 Å². The Balaban J connectivity index is 2.32. The first-order valence-electron chi connectivity index (χ1n) is 4.57. The summed E-state index contributed by atoms with van der Waals surface area (Å²) < 4.78 is 0. The van der Waals surface area contributed by atoms with Crippen LogP contribution in [-0.2, 0) is 0 Å². The summed E-state index contributed by atoms with van der Waals surface area (Å²) in [5, 5.41) is 0. The van der Waals surface area contributed by atoms with Crippen LogP contribution in [0.5, 0.6) is 0 Å². The molecule has 11 heavy (non-hydrogen) atoms. The lowest BCUT2D eigenvalue weighted by Gasteiger charge is -2.33. The van der Waals surface area contributed by atoms with E-state index in [1.807, 2.05) is 0 Å². The monoisotopic (exact) mass is 150 g/mol. The van der Waals surface area contributed by atoms with E-state index in [0.29, 0.717) is 5.41 Å². The summed E-state index contributed by atoms with van der Waals surface area (Å²) in [6.45, 7) is 4.72. The average Bonchev–Trinajstić information content (AvgIpc) is 1.94. The Morgan fingerprint density at radius 3 is 2.36 bits per heavy atom. The normalized spacial score (nSPS) is 24.5. The third kappa shape index (κ3) is 2.58. The lowest BCUT2D eigenvalue weighted by Crippen LogP contribution is -2.20. The van der Waals surface area contributed by atoms with Gasteiger partial charge in [-0.1, -0.05) is 13.8 Å². The van der Waals surface area contributed by atoms with Crippen LogP contribution in [-0.4, -0.2) is 0 Å². The maximum atomic E-state index is 5.28. The van der Waals surface area contributed by atoms with Gasteiger partial charge in [-0.05, 0) is 37.0 Å². The van der Waals surface area contributed by atoms with Crippen molar-refractivity contribution in [1.29, 1.82) is 0 Å². The molecule has 0 nitrogen and oxygen atoms in total. The standard InChI is InChI=1S/C11H18/c1-4-5-10-6-8-11(2,3)9-7-10/h1,10H,5-9H2,2-3H3. The summed E-state index contributed by atoms with van der Waals surface area (Å²) in [4.78, 5) is 0. The van der Waals surface area contributed by atoms with Crippen molar-refractivity contribution in [1.82, 2.24) is 0 Å². The largest absolute Gasteiger partial charge is 0.120 e. The molecule has 0 aromatic rings. The lowest BCUT2D eigenvalue weighted by atomic mass is 9.72. The fraction of sp³-hybridized carbons (Fsp3) is 0.818. The third-order valence-corrected chi connectivity index (χ3v) is 2.87. The minimum atomic E-state index is 0.588. The van der Waals surface area contributed by atoms with Crippen molar-refractivity contribution < 1.29 is 0 Å². The van der Waals surface area contributed by atoms with Crippen LogP contribution in [0.2, 0.25) is 0 Å². The molecule has 0 N–H and O–H groups in total. The van der Waals surface area contributed by atoms with E-state index in [1.54, 1.807) is 0 Å². The van der Waals surface area contributed by atoms with E-state index >= 15 is 0 Å². The predicted molar refractivity (Wildman–Crippen MR) is 49.2 cm³/mol. The number of hydrogen-bond donors (Lipinski definition) is 0. The molecule has 0 aromatic carbocycles. The van der Waals surface area contributed by atoms with E-state index in [0.717, 1.165) is 12.3 Å². The van der Waals surface area contributed by atoms with Gasteiger partial charge in [0.1, 0.15) is 0 Å². The zero-order valence-corrected chi connectivity index (χ0v) is 7.69. The SMILES string of the molecule is C#CCC1CCC(C)(C)CC1. The summed E-state index contributed by atoms with van der Waals surface area (Å²) in [7, 11) is 0. The van der Waals surface area contributed by atoms with Crippen molar-refractivity contribution in [2.45, 2.75) is 46.0 Å². The molecule has 0 unspecified atom stereocenters. The van der Waals surface area contributed by atoms with Gasteiger partial charge >= 0.3 is 0 Å². The molecule has 0 aromatic heterocycles. The summed E-state index contributed by atoms with van der Waals surface area (Å²) in [6.07, 6.45) is 11.7. The van der Waals surface area contributed by atoms with E-state index in [9.17, 15) is 0 Å². The molecule has 0 atom stereocenters. The molecule has 1 aliphatic rings. The van der Waals surface area contributed by atoms with Gasteiger partial charge in [-0.15, -0.1) is 12.3 Å². The Hall–Kier alpha value is -0.440. The van der Waals surface area contributed by atoms with Crippen LogP contribution in [0.1, 0.15) is 46.0 Å². The third-order valence-electron chi connectivity index (χ3n) is 2.87. The topological polar surface area (TPSA) is 0 Å². The Bertz CT molecular complexity index is 149. The molecule has 0 bridgehead atoms. The molecule has 0 amide bonds. The molecule has 0 radical (unpaired) electrons. The van der Waals surface area contributed by atoms with Crippen molar-refractivity contribution in [2.24, 2.45) is 11.3 Å². The number of hydrogen-bond acceptors (Lipinski definition) is 0. The highest BCUT2D eigenvalue weighted by Crippen LogP contribution is 2.38. The van der Waals surface area contributed by atoms with Crippen molar-refractivity contribution in [3.63, 3.8) is 0 Å². The molecule has 1 aliphatic carbocycles. The van der Waals surface area contributed by atoms with Crippen LogP contribution in [0, 0.1) is 23.7 Å². The van der Waals surface area contributed by atoms with Crippen molar-refractivity contribution in [3.05, 3.63) is 0 Å². The van der Waals surface area contributed by atoms with Crippen LogP contribution in [0.15, 0.2) is 0 Å². The van der Waals surface area contributed by atoms with Gasteiger partial charge in [-0.2, -0.15) is 0 Å². The van der Waals surface area contributed by atoms with Gasteiger partial charge in [0.05, 0.1) is 0 Å². The van der Waals surface area contributed by atoms with Crippen molar-refractivity contribution >= 4 is 0 Å². The average molecular weight is 150 g/mol. The summed E-state index contributed by atoms with van der Waals surface area (Å²) in [6, 6.07) is 0. The minimum absolute atomic E-state index is 0.588. The summed E-state index contributed by atoms with van der Waals surface area (Å²) in [5.41, 5.74) is 0.588. The molecule has 0 heterocycles. The van der Waals surface area contributed by atoms with Gasteiger partial charge in [0.2, 0.25) is 0 Å². The van der Waals surface area contributed by atoms with Gasteiger partial charge < -0.3 is 0 Å². The number of rotatable bonds is 1. The highest BCUT2D eigenvalue weighted by Gasteiger charge is 2.25. The van der Waals surface area contributed by atoms with E-state index < -0.39 is 0 Å². The zero-order valence-electron chi connectivity index (χ0n) is 7.69. The number of terminal acetylenes is 1. The second-order valence-corrected chi connectivity index (χ2v) is 4.52. The second kappa shape index (κ2) is 3.30. The molecule has 1 rings (SSSR count). The Kier molecular flexibility index (Phi) is 2.60. The maximum absolute atomic E-state index is 5.28. The minimum Gasteiger partial charge on any atom is -0.120 e. The first kappa shape index (κ1) is 8.65. The second-order valence-electron chi connectivity index (χ2n) is 4.52. The smallest absolute Gasteiger partial charge is 0.0114 e. The van der Waals surface area contributed by atoms with Gasteiger partial charge in [-0.25, -0.2) is 0 Å². The van der Waals surface area contributed by atoms with Gasteiger partial charge in [0.15, 0.2) is 0 Å². The van der Waals surface area contributed by atoms with Crippen molar-refractivity contribution in [3.8, 4) is 12.3 Å². The zero-order chi connectivity index (χ0) is 8.32. The molecule has 0 saturated heterocycles. The first-order chi connectivity index (χ1) is 5.14. The van der Waals surface area contributed by atoms with Crippen LogP contribution in [0.3, 0.4) is 0 Å². The van der Waals surface area contributed by atoms with E-state index in [4.69, 9.17) is 6.42 Å². The molecule has 62 valence electrons. The predicted octanol–water partition coefficient (Wildman–Crippen LogP) is 3.23. The molecule has 0 spiro atoms. The molecule has 1 saturated carbocycles. The molecule has 0 aliphatic heterocycles. The maximum Gasteiger partial charge on any atom is 0.0114 e. The Labute approximate surface area is 70.4 Å². The van der Waals surface area contributed by atoms with Gasteiger partial charge in [0, 0.05) is 6.42 Å². The molecule has 0 heteroatoms. The molecular formula is C11H18. The van der Waals surface area contributed by atoms with Crippen LogP contribution < -0.4 is 0 Å². The highest BCUT2D eigenvalue weighted by molar-refractivity contribution is 4.89. The van der Waals surface area contributed by atoms with E-state index in [2.05, 4.69) is 19.8 Å². The first-order valence-corrected chi connectivity index (χ1v) is 4.57. The van der Waals surface area contributed by atoms with Crippen LogP contribution >= 0.6 is 0 Å². The fourth-order valence-electron chi connectivity index (χ4n) is 1.83. The Morgan fingerprint density at radius 1 is 1.36 bits per heavy atom. The van der Waals surface area contributed by atoms with Gasteiger partial charge in [0.25, 0.3) is 0 Å². The highest BCUT2D eigenvalue weighted by atomic mass is 14.3. The quantitative estimate of drug-likeness (QED) is 0.503. The Morgan fingerprint density at radius 2 is 1.91 bits per heavy atom. The van der Waals surface area contributed by atoms with E-state index in [1.165, 1.54) is 25.7 Å². The van der Waals surface area contributed by atoms with Crippen LogP contribution in [0.25, 0.3) is 0 Å². The fourth-order valence-corrected chi connectivity index (χ4v) is 1.83. The molecular weight excluding hydrogens is 132 g/mol.